The van der Waals surface area contributed by atoms with Gasteiger partial charge in [0.2, 0.25) is 5.91 Å². The zero-order valence-electron chi connectivity index (χ0n) is 15.6. The van der Waals surface area contributed by atoms with Crippen molar-refractivity contribution in [2.45, 2.75) is 24.0 Å². The molecule has 0 atom stereocenters. The van der Waals surface area contributed by atoms with Crippen molar-refractivity contribution in [3.8, 4) is 0 Å². The third-order valence-electron chi connectivity index (χ3n) is 4.90. The first-order valence-electron chi connectivity index (χ1n) is 8.60. The number of aromatic nitrogens is 1. The molecule has 1 amide bonds. The second-order valence-electron chi connectivity index (χ2n) is 6.70. The Morgan fingerprint density at radius 1 is 1.04 bits per heavy atom. The number of sulfone groups is 1. The summed E-state index contributed by atoms with van der Waals surface area (Å²) < 4.78 is 23.3. The van der Waals surface area contributed by atoms with Crippen LogP contribution in [0.1, 0.15) is 24.0 Å². The quantitative estimate of drug-likeness (QED) is 0.738. The van der Waals surface area contributed by atoms with Crippen LogP contribution in [-0.4, -0.2) is 43.4 Å². The Hall–Kier alpha value is -1.67. The van der Waals surface area contributed by atoms with Gasteiger partial charge in [0.25, 0.3) is 0 Å². The van der Waals surface area contributed by atoms with E-state index in [0.717, 1.165) is 23.8 Å². The molecule has 6 nitrogen and oxygen atoms in total. The summed E-state index contributed by atoms with van der Waals surface area (Å²) >= 11 is 0. The van der Waals surface area contributed by atoms with Crippen molar-refractivity contribution in [1.82, 2.24) is 10.3 Å². The number of carbonyl (C=O) groups excluding carboxylic acids is 1. The number of halogens is 2. The Labute approximate surface area is 178 Å². The van der Waals surface area contributed by atoms with E-state index >= 15 is 0 Å². The molecule has 1 aromatic heterocycles. The maximum Gasteiger partial charge on any atom is 0.245 e. The Morgan fingerprint density at radius 2 is 1.57 bits per heavy atom. The minimum Gasteiger partial charge on any atom is -0.325 e. The molecule has 0 spiro atoms. The Morgan fingerprint density at radius 3 is 2.11 bits per heavy atom. The van der Waals surface area contributed by atoms with Gasteiger partial charge in [0.1, 0.15) is 0 Å². The minimum absolute atomic E-state index is 0. The number of nitrogens with one attached hydrogen (secondary N) is 2. The number of piperidine rings is 1. The topological polar surface area (TPSA) is 88.2 Å². The molecule has 1 saturated heterocycles. The molecule has 1 aromatic carbocycles. The molecular weight excluding hydrogens is 421 g/mol. The minimum atomic E-state index is -3.51. The van der Waals surface area contributed by atoms with Crippen molar-refractivity contribution in [1.29, 1.82) is 0 Å². The first kappa shape index (κ1) is 24.4. The monoisotopic (exact) mass is 445 g/mol. The van der Waals surface area contributed by atoms with Crippen molar-refractivity contribution < 1.29 is 13.2 Å². The average Bonchev–Trinajstić information content (AvgIpc) is 2.64. The normalized spacial score (nSPS) is 15.6. The maximum absolute atomic E-state index is 12.8. The summed E-state index contributed by atoms with van der Waals surface area (Å²) in [5.41, 5.74) is 2.87. The molecule has 0 saturated carbocycles. The van der Waals surface area contributed by atoms with Gasteiger partial charge < -0.3 is 10.6 Å². The molecule has 3 rings (SSSR count). The van der Waals surface area contributed by atoms with Crippen molar-refractivity contribution >= 4 is 46.2 Å². The number of benzene rings is 1. The van der Waals surface area contributed by atoms with Gasteiger partial charge in [0.05, 0.1) is 0 Å². The largest absolute Gasteiger partial charge is 0.325 e. The molecule has 2 N–H and O–H groups in total. The number of nitrogens with zero attached hydrogens (tertiary/aromatic N) is 1. The van der Waals surface area contributed by atoms with Gasteiger partial charge in [-0.05, 0) is 67.7 Å². The number of rotatable bonds is 5. The van der Waals surface area contributed by atoms with Crippen molar-refractivity contribution in [3.63, 3.8) is 0 Å². The SMILES string of the molecule is CS(=O)(=O)C1(C(=O)Nc2ccc(Cc3ccncc3)cc2)CCNCC1.Cl.Cl. The highest BCUT2D eigenvalue weighted by molar-refractivity contribution is 7.92. The first-order valence-corrected chi connectivity index (χ1v) is 10.5. The fraction of sp³-hybridized carbons (Fsp3) is 0.368. The lowest BCUT2D eigenvalue weighted by atomic mass is 9.95. The van der Waals surface area contributed by atoms with E-state index in [1.54, 1.807) is 12.4 Å². The van der Waals surface area contributed by atoms with Crippen LogP contribution < -0.4 is 10.6 Å². The predicted molar refractivity (Wildman–Crippen MR) is 116 cm³/mol. The molecule has 0 unspecified atom stereocenters. The molecule has 1 fully saturated rings. The van der Waals surface area contributed by atoms with Crippen LogP contribution in [0, 0.1) is 0 Å². The van der Waals surface area contributed by atoms with Gasteiger partial charge in [-0.15, -0.1) is 24.8 Å². The van der Waals surface area contributed by atoms with E-state index in [1.165, 1.54) is 0 Å². The Bertz CT molecular complexity index is 869. The lowest BCUT2D eigenvalue weighted by Crippen LogP contribution is -2.55. The fourth-order valence-corrected chi connectivity index (χ4v) is 4.62. The Kier molecular flexibility index (Phi) is 8.88. The molecule has 28 heavy (non-hydrogen) atoms. The Balaban J connectivity index is 0.00000196. The van der Waals surface area contributed by atoms with Crippen LogP contribution >= 0.6 is 24.8 Å². The predicted octanol–water partition coefficient (Wildman–Crippen LogP) is 2.62. The van der Waals surface area contributed by atoms with E-state index in [9.17, 15) is 13.2 Å². The van der Waals surface area contributed by atoms with Crippen LogP contribution in [0.3, 0.4) is 0 Å². The van der Waals surface area contributed by atoms with Gasteiger partial charge in [0, 0.05) is 24.3 Å². The summed E-state index contributed by atoms with van der Waals surface area (Å²) in [6.45, 7) is 1.04. The van der Waals surface area contributed by atoms with Crippen LogP contribution in [-0.2, 0) is 21.1 Å². The van der Waals surface area contributed by atoms with Gasteiger partial charge in [-0.3, -0.25) is 9.78 Å². The molecule has 0 radical (unpaired) electrons. The lowest BCUT2D eigenvalue weighted by Gasteiger charge is -2.34. The van der Waals surface area contributed by atoms with Crippen molar-refractivity contribution in [3.05, 3.63) is 59.9 Å². The smallest absolute Gasteiger partial charge is 0.245 e. The molecular formula is C19H25Cl2N3O3S. The summed E-state index contributed by atoms with van der Waals surface area (Å²) in [6.07, 6.45) is 6.02. The van der Waals surface area contributed by atoms with Gasteiger partial charge in [0.15, 0.2) is 14.6 Å². The highest BCUT2D eigenvalue weighted by atomic mass is 35.5. The lowest BCUT2D eigenvalue weighted by molar-refractivity contribution is -0.119. The van der Waals surface area contributed by atoms with Gasteiger partial charge >= 0.3 is 0 Å². The second kappa shape index (κ2) is 10.2. The number of hydrogen-bond acceptors (Lipinski definition) is 5. The van der Waals surface area contributed by atoms with Gasteiger partial charge in [-0.2, -0.15) is 0 Å². The second-order valence-corrected chi connectivity index (χ2v) is 9.03. The molecule has 0 aliphatic carbocycles. The summed E-state index contributed by atoms with van der Waals surface area (Å²) in [6, 6.07) is 11.4. The van der Waals surface area contributed by atoms with Crippen LogP contribution in [0.25, 0.3) is 0 Å². The van der Waals surface area contributed by atoms with Crippen molar-refractivity contribution in [2.24, 2.45) is 0 Å². The summed E-state index contributed by atoms with van der Waals surface area (Å²) in [5, 5.41) is 5.91. The molecule has 154 valence electrons. The number of anilines is 1. The van der Waals surface area contributed by atoms with E-state index in [2.05, 4.69) is 15.6 Å². The van der Waals surface area contributed by atoms with Gasteiger partial charge in [-0.25, -0.2) is 8.42 Å². The van der Waals surface area contributed by atoms with E-state index in [-0.39, 0.29) is 37.7 Å². The van der Waals surface area contributed by atoms with E-state index < -0.39 is 20.5 Å². The third kappa shape index (κ3) is 5.44. The zero-order chi connectivity index (χ0) is 18.6. The van der Waals surface area contributed by atoms with Crippen LogP contribution in [0.4, 0.5) is 5.69 Å². The van der Waals surface area contributed by atoms with Crippen LogP contribution in [0.2, 0.25) is 0 Å². The summed E-state index contributed by atoms with van der Waals surface area (Å²) in [5.74, 6) is -0.441. The molecule has 2 heterocycles. The molecule has 2 aromatic rings. The maximum atomic E-state index is 12.8. The zero-order valence-corrected chi connectivity index (χ0v) is 18.0. The number of amides is 1. The highest BCUT2D eigenvalue weighted by Crippen LogP contribution is 2.29. The molecule has 1 aliphatic heterocycles. The van der Waals surface area contributed by atoms with Crippen molar-refractivity contribution in [2.75, 3.05) is 24.7 Å². The van der Waals surface area contributed by atoms with E-state index in [0.29, 0.717) is 18.8 Å². The molecule has 9 heteroatoms. The van der Waals surface area contributed by atoms with Crippen LogP contribution in [0.5, 0.6) is 0 Å². The third-order valence-corrected chi connectivity index (χ3v) is 6.92. The molecule has 0 bridgehead atoms. The summed E-state index contributed by atoms with van der Waals surface area (Å²) in [7, 11) is -3.51. The van der Waals surface area contributed by atoms with Crippen LogP contribution in [0.15, 0.2) is 48.8 Å². The number of pyridine rings is 1. The van der Waals surface area contributed by atoms with E-state index in [4.69, 9.17) is 0 Å². The fourth-order valence-electron chi connectivity index (χ4n) is 3.28. The number of carbonyl (C=O) groups is 1. The van der Waals surface area contributed by atoms with Gasteiger partial charge in [-0.1, -0.05) is 12.1 Å². The standard InChI is InChI=1S/C19H23N3O3S.2ClH/c1-26(24,25)19(8-12-21-13-9-19)18(23)22-17-4-2-15(3-5-17)14-16-6-10-20-11-7-16;;/h2-7,10-11,21H,8-9,12-14H2,1H3,(H,22,23);2*1H. The summed E-state index contributed by atoms with van der Waals surface area (Å²) in [4.78, 5) is 16.8. The number of hydrogen-bond donors (Lipinski definition) is 2. The van der Waals surface area contributed by atoms with E-state index in [1.807, 2.05) is 36.4 Å². The highest BCUT2D eigenvalue weighted by Gasteiger charge is 2.48. The average molecular weight is 446 g/mol. The first-order chi connectivity index (χ1) is 12.4. The molecule has 1 aliphatic rings.